The Morgan fingerprint density at radius 2 is 1.78 bits per heavy atom. The number of rotatable bonds is 8. The van der Waals surface area contributed by atoms with E-state index in [0.717, 1.165) is 12.1 Å². The van der Waals surface area contributed by atoms with Crippen LogP contribution in [0.15, 0.2) is 12.1 Å². The summed E-state index contributed by atoms with van der Waals surface area (Å²) >= 11 is 0. The third kappa shape index (κ3) is 4.46. The fourth-order valence-electron chi connectivity index (χ4n) is 1.36. The Labute approximate surface area is 105 Å². The molecule has 0 spiro atoms. The largest absolute Gasteiger partial charge is 0.491 e. The first-order valence-corrected chi connectivity index (χ1v) is 5.68. The predicted molar refractivity (Wildman–Crippen MR) is 66.1 cm³/mol. The lowest BCUT2D eigenvalue weighted by atomic mass is 10.2. The van der Waals surface area contributed by atoms with Gasteiger partial charge >= 0.3 is 0 Å². The molecule has 18 heavy (non-hydrogen) atoms. The number of anilines is 1. The summed E-state index contributed by atoms with van der Waals surface area (Å²) in [7, 11) is 3.29. The molecule has 0 bridgehead atoms. The highest BCUT2D eigenvalue weighted by Gasteiger charge is 2.11. The van der Waals surface area contributed by atoms with Gasteiger partial charge in [-0.15, -0.1) is 0 Å². The molecule has 0 aliphatic heterocycles. The third-order valence-electron chi connectivity index (χ3n) is 2.25. The molecule has 0 aliphatic carbocycles. The number of halogens is 2. The van der Waals surface area contributed by atoms with Crippen LogP contribution in [0.4, 0.5) is 14.5 Å². The maximum Gasteiger partial charge on any atom is 0.152 e. The van der Waals surface area contributed by atoms with Crippen molar-refractivity contribution in [2.45, 2.75) is 0 Å². The van der Waals surface area contributed by atoms with Crippen LogP contribution in [0.1, 0.15) is 0 Å². The van der Waals surface area contributed by atoms with Crippen molar-refractivity contribution < 1.29 is 18.3 Å². The lowest BCUT2D eigenvalue weighted by Gasteiger charge is -2.11. The van der Waals surface area contributed by atoms with Gasteiger partial charge in [0.25, 0.3) is 0 Å². The van der Waals surface area contributed by atoms with E-state index >= 15 is 0 Å². The highest BCUT2D eigenvalue weighted by Crippen LogP contribution is 2.24. The van der Waals surface area contributed by atoms with Crippen molar-refractivity contribution in [3.05, 3.63) is 23.8 Å². The van der Waals surface area contributed by atoms with Crippen LogP contribution in [0.3, 0.4) is 0 Å². The van der Waals surface area contributed by atoms with E-state index in [-0.39, 0.29) is 18.0 Å². The van der Waals surface area contributed by atoms with Gasteiger partial charge in [0.1, 0.15) is 18.0 Å². The van der Waals surface area contributed by atoms with Crippen LogP contribution in [0.2, 0.25) is 0 Å². The van der Waals surface area contributed by atoms with E-state index in [0.29, 0.717) is 19.7 Å². The summed E-state index contributed by atoms with van der Waals surface area (Å²) < 4.78 is 37.2. The van der Waals surface area contributed by atoms with E-state index < -0.39 is 11.6 Å². The van der Waals surface area contributed by atoms with Crippen molar-refractivity contribution in [1.82, 2.24) is 5.32 Å². The number of hydrogen-bond acceptors (Lipinski definition) is 4. The molecule has 2 N–H and O–H groups in total. The lowest BCUT2D eigenvalue weighted by Crippen LogP contribution is -2.19. The molecule has 4 nitrogen and oxygen atoms in total. The van der Waals surface area contributed by atoms with Gasteiger partial charge in [0.15, 0.2) is 11.6 Å². The van der Waals surface area contributed by atoms with Gasteiger partial charge in [0.2, 0.25) is 0 Å². The molecule has 0 atom stereocenters. The van der Waals surface area contributed by atoms with Gasteiger partial charge in [-0.3, -0.25) is 0 Å². The normalized spacial score (nSPS) is 10.4. The van der Waals surface area contributed by atoms with Crippen molar-refractivity contribution in [1.29, 1.82) is 0 Å². The summed E-state index contributed by atoms with van der Waals surface area (Å²) in [6.45, 7) is 1.67. The number of ether oxygens (including phenoxy) is 2. The van der Waals surface area contributed by atoms with Crippen molar-refractivity contribution in [3.63, 3.8) is 0 Å². The summed E-state index contributed by atoms with van der Waals surface area (Å²) in [5.41, 5.74) is -0.135. The molecule has 1 aromatic rings. The molecule has 0 saturated carbocycles. The molecule has 0 heterocycles. The van der Waals surface area contributed by atoms with E-state index in [1.54, 1.807) is 7.05 Å². The summed E-state index contributed by atoms with van der Waals surface area (Å²) in [5, 5.41) is 5.56. The van der Waals surface area contributed by atoms with E-state index in [9.17, 15) is 8.78 Å². The van der Waals surface area contributed by atoms with Gasteiger partial charge in [-0.25, -0.2) is 8.78 Å². The van der Waals surface area contributed by atoms with Gasteiger partial charge < -0.3 is 20.1 Å². The number of nitrogens with one attached hydrogen (secondary N) is 2. The number of hydrogen-bond donors (Lipinski definition) is 2. The van der Waals surface area contributed by atoms with Gasteiger partial charge in [-0.05, 0) is 7.05 Å². The Balaban J connectivity index is 2.65. The average molecular weight is 260 g/mol. The molecule has 0 aromatic heterocycles. The molecule has 0 aliphatic rings. The molecule has 1 aromatic carbocycles. The molecule has 0 saturated heterocycles. The highest BCUT2D eigenvalue weighted by molar-refractivity contribution is 5.49. The Hall–Kier alpha value is -1.40. The van der Waals surface area contributed by atoms with E-state index in [4.69, 9.17) is 9.47 Å². The Morgan fingerprint density at radius 1 is 1.11 bits per heavy atom. The van der Waals surface area contributed by atoms with Crippen LogP contribution >= 0.6 is 0 Å². The average Bonchev–Trinajstić information content (AvgIpc) is 2.33. The molecule has 0 amide bonds. The maximum absolute atomic E-state index is 13.6. The minimum atomic E-state index is -0.668. The van der Waals surface area contributed by atoms with Crippen LogP contribution in [0, 0.1) is 11.6 Å². The fraction of sp³-hybridized carbons (Fsp3) is 0.500. The van der Waals surface area contributed by atoms with E-state index in [1.165, 1.54) is 7.11 Å². The van der Waals surface area contributed by atoms with E-state index in [1.807, 2.05) is 0 Å². The zero-order valence-corrected chi connectivity index (χ0v) is 10.6. The first kappa shape index (κ1) is 14.7. The zero-order chi connectivity index (χ0) is 13.4. The first-order valence-electron chi connectivity index (χ1n) is 5.68. The smallest absolute Gasteiger partial charge is 0.152 e. The number of likely N-dealkylation sites (N-methyl/N-ethyl adjacent to an activating group) is 1. The van der Waals surface area contributed by atoms with Crippen molar-refractivity contribution in [3.8, 4) is 5.75 Å². The van der Waals surface area contributed by atoms with E-state index in [2.05, 4.69) is 10.6 Å². The topological polar surface area (TPSA) is 42.5 Å². The second-order valence-corrected chi connectivity index (χ2v) is 3.63. The monoisotopic (exact) mass is 260 g/mol. The van der Waals surface area contributed by atoms with Gasteiger partial charge in [0.05, 0.1) is 6.61 Å². The number of benzene rings is 1. The maximum atomic E-state index is 13.6. The first-order chi connectivity index (χ1) is 8.69. The highest BCUT2D eigenvalue weighted by atomic mass is 19.1. The molecular weight excluding hydrogens is 242 g/mol. The molecule has 102 valence electrons. The lowest BCUT2D eigenvalue weighted by molar-refractivity contribution is 0.146. The third-order valence-corrected chi connectivity index (χ3v) is 2.25. The van der Waals surface area contributed by atoms with Crippen LogP contribution in [0.25, 0.3) is 0 Å². The van der Waals surface area contributed by atoms with Crippen molar-refractivity contribution in [2.75, 3.05) is 45.8 Å². The standard InChI is InChI=1S/C12H18F2N2O2/c1-15-3-4-16-12-10(13)7-9(8-11(12)14)18-6-5-17-2/h7-8,15-16H,3-6H2,1-2H3. The molecule has 0 unspecified atom stereocenters. The fourth-order valence-corrected chi connectivity index (χ4v) is 1.36. The number of methoxy groups -OCH3 is 1. The summed E-state index contributed by atoms with van der Waals surface area (Å²) in [6, 6.07) is 2.31. The van der Waals surface area contributed by atoms with Gasteiger partial charge in [-0.1, -0.05) is 0 Å². The quantitative estimate of drug-likeness (QED) is 0.697. The summed E-state index contributed by atoms with van der Waals surface area (Å²) in [6.07, 6.45) is 0. The van der Waals surface area contributed by atoms with Gasteiger partial charge in [0, 0.05) is 32.3 Å². The zero-order valence-electron chi connectivity index (χ0n) is 10.6. The molecule has 0 fully saturated rings. The predicted octanol–water partition coefficient (Wildman–Crippen LogP) is 1.62. The second kappa shape index (κ2) is 7.84. The SMILES string of the molecule is CNCCNc1c(F)cc(OCCOC)cc1F. The van der Waals surface area contributed by atoms with Crippen LogP contribution in [0.5, 0.6) is 5.75 Å². The molecular formula is C12H18F2N2O2. The second-order valence-electron chi connectivity index (χ2n) is 3.63. The Morgan fingerprint density at radius 3 is 2.33 bits per heavy atom. The minimum Gasteiger partial charge on any atom is -0.491 e. The molecule has 0 radical (unpaired) electrons. The van der Waals surface area contributed by atoms with Gasteiger partial charge in [-0.2, -0.15) is 0 Å². The molecule has 1 rings (SSSR count). The summed E-state index contributed by atoms with van der Waals surface area (Å²) in [5.74, 6) is -1.18. The molecule has 6 heteroatoms. The van der Waals surface area contributed by atoms with Crippen molar-refractivity contribution >= 4 is 5.69 Å². The minimum absolute atomic E-state index is 0.135. The van der Waals surface area contributed by atoms with Crippen LogP contribution in [-0.4, -0.2) is 40.5 Å². The van der Waals surface area contributed by atoms with Crippen LogP contribution < -0.4 is 15.4 Å². The van der Waals surface area contributed by atoms with Crippen LogP contribution in [-0.2, 0) is 4.74 Å². The van der Waals surface area contributed by atoms with Crippen molar-refractivity contribution in [2.24, 2.45) is 0 Å². The Kier molecular flexibility index (Phi) is 6.38. The summed E-state index contributed by atoms with van der Waals surface area (Å²) in [4.78, 5) is 0. The Bertz CT molecular complexity index is 352.